The van der Waals surface area contributed by atoms with E-state index < -0.39 is 0 Å². The van der Waals surface area contributed by atoms with E-state index in [2.05, 4.69) is 41.3 Å². The van der Waals surface area contributed by atoms with Crippen LogP contribution in [0.1, 0.15) is 32.8 Å². The molecule has 0 aliphatic carbocycles. The predicted octanol–water partition coefficient (Wildman–Crippen LogP) is 2.25. The maximum absolute atomic E-state index is 5.79. The number of nitrogens with zero attached hydrogens (tertiary/aromatic N) is 2. The standard InChI is InChI=1S/C20H34N4O2/c1-5-21-20(23-13-18-9-6-7-10-19(18)25-4)22-11-8-12-24-14-16(2)26-17(3)15-24/h6-7,9-10,16-17H,5,8,11-15H2,1-4H3,(H2,21,22,23). The molecule has 1 aromatic carbocycles. The Hall–Kier alpha value is -1.79. The highest BCUT2D eigenvalue weighted by atomic mass is 16.5. The van der Waals surface area contributed by atoms with Crippen LogP contribution in [0.25, 0.3) is 0 Å². The summed E-state index contributed by atoms with van der Waals surface area (Å²) in [5.74, 6) is 1.73. The number of para-hydroxylation sites is 1. The number of aliphatic imine (C=N–C) groups is 1. The van der Waals surface area contributed by atoms with Gasteiger partial charge in [-0.1, -0.05) is 18.2 Å². The van der Waals surface area contributed by atoms with E-state index >= 15 is 0 Å². The van der Waals surface area contributed by atoms with Crippen LogP contribution in [-0.4, -0.2) is 62.9 Å². The maximum atomic E-state index is 5.79. The van der Waals surface area contributed by atoms with Crippen LogP contribution in [0, 0.1) is 0 Å². The molecule has 1 saturated heterocycles. The number of hydrogen-bond donors (Lipinski definition) is 2. The molecule has 26 heavy (non-hydrogen) atoms. The zero-order chi connectivity index (χ0) is 18.8. The van der Waals surface area contributed by atoms with Gasteiger partial charge in [-0.15, -0.1) is 0 Å². The molecule has 0 aromatic heterocycles. The smallest absolute Gasteiger partial charge is 0.191 e. The van der Waals surface area contributed by atoms with Gasteiger partial charge in [-0.2, -0.15) is 0 Å². The Morgan fingerprint density at radius 3 is 2.65 bits per heavy atom. The van der Waals surface area contributed by atoms with Gasteiger partial charge in [-0.25, -0.2) is 4.99 Å². The van der Waals surface area contributed by atoms with Crippen molar-refractivity contribution < 1.29 is 9.47 Å². The van der Waals surface area contributed by atoms with Crippen LogP contribution in [-0.2, 0) is 11.3 Å². The molecule has 2 atom stereocenters. The molecular weight excluding hydrogens is 328 g/mol. The molecule has 1 aliphatic heterocycles. The van der Waals surface area contributed by atoms with Gasteiger partial charge in [0.2, 0.25) is 0 Å². The third-order valence-electron chi connectivity index (χ3n) is 4.38. The molecule has 2 N–H and O–H groups in total. The van der Waals surface area contributed by atoms with E-state index in [1.807, 2.05) is 24.3 Å². The van der Waals surface area contributed by atoms with Gasteiger partial charge in [0, 0.05) is 38.3 Å². The summed E-state index contributed by atoms with van der Waals surface area (Å²) in [6, 6.07) is 8.00. The summed E-state index contributed by atoms with van der Waals surface area (Å²) in [5.41, 5.74) is 1.09. The van der Waals surface area contributed by atoms with Gasteiger partial charge >= 0.3 is 0 Å². The average molecular weight is 363 g/mol. The van der Waals surface area contributed by atoms with Crippen LogP contribution in [0.3, 0.4) is 0 Å². The molecule has 1 aliphatic rings. The van der Waals surface area contributed by atoms with Gasteiger partial charge < -0.3 is 20.1 Å². The Labute approximate surface area is 158 Å². The van der Waals surface area contributed by atoms with Crippen LogP contribution < -0.4 is 15.4 Å². The van der Waals surface area contributed by atoms with Crippen molar-refractivity contribution in [3.8, 4) is 5.75 Å². The van der Waals surface area contributed by atoms with Gasteiger partial charge in [0.25, 0.3) is 0 Å². The molecule has 0 amide bonds. The fourth-order valence-corrected chi connectivity index (χ4v) is 3.32. The van der Waals surface area contributed by atoms with Crippen molar-refractivity contribution in [2.24, 2.45) is 4.99 Å². The lowest BCUT2D eigenvalue weighted by molar-refractivity contribution is -0.0679. The number of morpholine rings is 1. The maximum Gasteiger partial charge on any atom is 0.191 e. The Morgan fingerprint density at radius 2 is 1.96 bits per heavy atom. The third kappa shape index (κ3) is 6.84. The van der Waals surface area contributed by atoms with Crippen molar-refractivity contribution in [3.63, 3.8) is 0 Å². The van der Waals surface area contributed by atoms with Crippen LogP contribution in [0.4, 0.5) is 0 Å². The molecule has 1 heterocycles. The molecule has 146 valence electrons. The Kier molecular flexibility index (Phi) is 8.71. The number of nitrogens with one attached hydrogen (secondary N) is 2. The molecule has 0 radical (unpaired) electrons. The Bertz CT molecular complexity index is 554. The summed E-state index contributed by atoms with van der Waals surface area (Å²) in [5, 5.41) is 6.74. The third-order valence-corrected chi connectivity index (χ3v) is 4.38. The van der Waals surface area contributed by atoms with Crippen LogP contribution >= 0.6 is 0 Å². The number of methoxy groups -OCH3 is 1. The minimum atomic E-state index is 0.325. The lowest BCUT2D eigenvalue weighted by Gasteiger charge is -2.35. The second kappa shape index (κ2) is 11.0. The molecule has 0 spiro atoms. The Balaban J connectivity index is 1.78. The molecule has 1 aromatic rings. The molecule has 0 bridgehead atoms. The second-order valence-electron chi connectivity index (χ2n) is 6.80. The van der Waals surface area contributed by atoms with Crippen molar-refractivity contribution in [1.29, 1.82) is 0 Å². The number of ether oxygens (including phenoxy) is 2. The highest BCUT2D eigenvalue weighted by Gasteiger charge is 2.21. The highest BCUT2D eigenvalue weighted by Crippen LogP contribution is 2.17. The van der Waals surface area contributed by atoms with E-state index in [9.17, 15) is 0 Å². The van der Waals surface area contributed by atoms with Gasteiger partial charge in [-0.3, -0.25) is 4.90 Å². The van der Waals surface area contributed by atoms with Crippen molar-refractivity contribution in [1.82, 2.24) is 15.5 Å². The summed E-state index contributed by atoms with van der Waals surface area (Å²) in [6.45, 7) is 11.8. The molecule has 0 saturated carbocycles. The fraction of sp³-hybridized carbons (Fsp3) is 0.650. The lowest BCUT2D eigenvalue weighted by atomic mass is 10.2. The second-order valence-corrected chi connectivity index (χ2v) is 6.80. The topological polar surface area (TPSA) is 58.1 Å². The van der Waals surface area contributed by atoms with E-state index in [0.29, 0.717) is 18.8 Å². The summed E-state index contributed by atoms with van der Waals surface area (Å²) in [7, 11) is 1.69. The first-order valence-corrected chi connectivity index (χ1v) is 9.64. The van der Waals surface area contributed by atoms with E-state index in [1.54, 1.807) is 7.11 Å². The quantitative estimate of drug-likeness (QED) is 0.422. The van der Waals surface area contributed by atoms with Crippen LogP contribution in [0.5, 0.6) is 5.75 Å². The van der Waals surface area contributed by atoms with Gasteiger partial charge in [-0.05, 0) is 33.3 Å². The number of guanidine groups is 1. The van der Waals surface area contributed by atoms with E-state index in [-0.39, 0.29) is 0 Å². The van der Waals surface area contributed by atoms with Crippen molar-refractivity contribution in [2.75, 3.05) is 39.8 Å². The van der Waals surface area contributed by atoms with Crippen LogP contribution in [0.2, 0.25) is 0 Å². The first kappa shape index (κ1) is 20.5. The molecule has 2 rings (SSSR count). The summed E-state index contributed by atoms with van der Waals surface area (Å²) in [6.07, 6.45) is 1.73. The van der Waals surface area contributed by atoms with E-state index in [1.165, 1.54) is 0 Å². The fourth-order valence-electron chi connectivity index (χ4n) is 3.32. The average Bonchev–Trinajstić information content (AvgIpc) is 2.62. The molecule has 2 unspecified atom stereocenters. The molecule has 6 nitrogen and oxygen atoms in total. The number of benzene rings is 1. The summed E-state index contributed by atoms with van der Waals surface area (Å²) >= 11 is 0. The number of rotatable bonds is 8. The molecular formula is C20H34N4O2. The van der Waals surface area contributed by atoms with E-state index in [0.717, 1.165) is 56.4 Å². The van der Waals surface area contributed by atoms with Gasteiger partial charge in [0.05, 0.1) is 25.9 Å². The van der Waals surface area contributed by atoms with Gasteiger partial charge in [0.1, 0.15) is 5.75 Å². The minimum absolute atomic E-state index is 0.325. The molecule has 1 fully saturated rings. The first-order chi connectivity index (χ1) is 12.6. The minimum Gasteiger partial charge on any atom is -0.496 e. The lowest BCUT2D eigenvalue weighted by Crippen LogP contribution is -2.46. The zero-order valence-electron chi connectivity index (χ0n) is 16.6. The molecule has 6 heteroatoms. The largest absolute Gasteiger partial charge is 0.496 e. The summed E-state index contributed by atoms with van der Waals surface area (Å²) in [4.78, 5) is 7.17. The SMILES string of the molecule is CCNC(=NCc1ccccc1OC)NCCCN1CC(C)OC(C)C1. The zero-order valence-corrected chi connectivity index (χ0v) is 16.6. The van der Waals surface area contributed by atoms with Crippen LogP contribution in [0.15, 0.2) is 29.3 Å². The van der Waals surface area contributed by atoms with Crippen molar-refractivity contribution >= 4 is 5.96 Å². The first-order valence-electron chi connectivity index (χ1n) is 9.64. The summed E-state index contributed by atoms with van der Waals surface area (Å²) < 4.78 is 11.2. The van der Waals surface area contributed by atoms with Crippen molar-refractivity contribution in [3.05, 3.63) is 29.8 Å². The number of hydrogen-bond acceptors (Lipinski definition) is 4. The predicted molar refractivity (Wildman–Crippen MR) is 107 cm³/mol. The normalized spacial score (nSPS) is 21.5. The van der Waals surface area contributed by atoms with Gasteiger partial charge in [0.15, 0.2) is 5.96 Å². The Morgan fingerprint density at radius 1 is 1.23 bits per heavy atom. The van der Waals surface area contributed by atoms with E-state index in [4.69, 9.17) is 9.47 Å². The van der Waals surface area contributed by atoms with Crippen molar-refractivity contribution in [2.45, 2.75) is 45.9 Å². The highest BCUT2D eigenvalue weighted by molar-refractivity contribution is 5.79. The monoisotopic (exact) mass is 362 g/mol.